The minimum Gasteiger partial charge on any atom is -0.350 e. The van der Waals surface area contributed by atoms with Gasteiger partial charge >= 0.3 is 0 Å². The number of nitrogens with zero attached hydrogens (tertiary/aromatic N) is 2. The molecule has 1 aliphatic heterocycles. The Balaban J connectivity index is 1.35. The molecule has 1 fully saturated rings. The number of hydrogen-bond acceptors (Lipinski definition) is 5. The molecule has 2 amide bonds. The van der Waals surface area contributed by atoms with E-state index in [1.165, 1.54) is 0 Å². The number of likely N-dealkylation sites (tertiary alicyclic amines) is 1. The molecule has 35 heavy (non-hydrogen) atoms. The lowest BCUT2D eigenvalue weighted by atomic mass is 9.95. The maximum Gasteiger partial charge on any atom is 0.243 e. The highest BCUT2D eigenvalue weighted by molar-refractivity contribution is 7.13. The van der Waals surface area contributed by atoms with Crippen LogP contribution in [-0.2, 0) is 16.1 Å². The zero-order chi connectivity index (χ0) is 24.8. The molecular formula is C28H31N3O3S. The number of Topliss-reactive ketones (excluding diaryl/α,β-unsaturated/α-hetero) is 1. The summed E-state index contributed by atoms with van der Waals surface area (Å²) < 4.78 is 0. The van der Waals surface area contributed by atoms with Gasteiger partial charge in [0.05, 0.1) is 16.1 Å². The van der Waals surface area contributed by atoms with Gasteiger partial charge in [-0.1, -0.05) is 61.5 Å². The molecule has 3 aromatic rings. The second-order valence-electron chi connectivity index (χ2n) is 9.12. The number of aromatic nitrogens is 1. The number of ketones is 1. The number of rotatable bonds is 8. The minimum atomic E-state index is -0.496. The number of hydrogen-bond donors (Lipinski definition) is 1. The summed E-state index contributed by atoms with van der Waals surface area (Å²) in [6.45, 7) is 4.72. The predicted molar refractivity (Wildman–Crippen MR) is 138 cm³/mol. The summed E-state index contributed by atoms with van der Waals surface area (Å²) in [6.07, 6.45) is 2.55. The predicted octanol–water partition coefficient (Wildman–Crippen LogP) is 5.02. The third-order valence-electron chi connectivity index (χ3n) is 6.53. The molecule has 1 aromatic heterocycles. The van der Waals surface area contributed by atoms with Crippen molar-refractivity contribution in [3.8, 4) is 10.4 Å². The molecule has 7 heteroatoms. The molecule has 0 aliphatic carbocycles. The molecular weight excluding hydrogens is 458 g/mol. The van der Waals surface area contributed by atoms with Crippen LogP contribution in [0.2, 0.25) is 0 Å². The van der Waals surface area contributed by atoms with E-state index in [2.05, 4.69) is 10.3 Å². The van der Waals surface area contributed by atoms with Crippen LogP contribution in [0.25, 0.3) is 10.4 Å². The molecule has 4 rings (SSSR count). The Bertz CT molecular complexity index is 1170. The number of carbonyl (C=O) groups is 3. The number of thiazole rings is 1. The largest absolute Gasteiger partial charge is 0.350 e. The average Bonchev–Trinajstić information content (AvgIpc) is 3.33. The SMILES string of the molecule is Cc1ncsc1-c1ccc(CNC(=O)C2CCCCN2C(=O)C(C)CC(=O)c2ccccc2)cc1. The summed E-state index contributed by atoms with van der Waals surface area (Å²) in [4.78, 5) is 46.0. The van der Waals surface area contributed by atoms with Gasteiger partial charge in [0.1, 0.15) is 6.04 Å². The second kappa shape index (κ2) is 11.4. The van der Waals surface area contributed by atoms with E-state index >= 15 is 0 Å². The first kappa shape index (κ1) is 24.8. The van der Waals surface area contributed by atoms with Crippen LogP contribution in [0.4, 0.5) is 0 Å². The van der Waals surface area contributed by atoms with Crippen molar-refractivity contribution in [1.82, 2.24) is 15.2 Å². The third kappa shape index (κ3) is 6.03. The van der Waals surface area contributed by atoms with Crippen molar-refractivity contribution in [3.63, 3.8) is 0 Å². The smallest absolute Gasteiger partial charge is 0.243 e. The van der Waals surface area contributed by atoms with Crippen molar-refractivity contribution in [2.75, 3.05) is 6.54 Å². The zero-order valence-electron chi connectivity index (χ0n) is 20.2. The van der Waals surface area contributed by atoms with Gasteiger partial charge in [0.25, 0.3) is 0 Å². The van der Waals surface area contributed by atoms with Crippen LogP contribution in [0.15, 0.2) is 60.1 Å². The monoisotopic (exact) mass is 489 g/mol. The summed E-state index contributed by atoms with van der Waals surface area (Å²) in [5, 5.41) is 3.02. The topological polar surface area (TPSA) is 79.4 Å². The van der Waals surface area contributed by atoms with Crippen molar-refractivity contribution in [3.05, 3.63) is 76.9 Å². The molecule has 0 saturated carbocycles. The van der Waals surface area contributed by atoms with Gasteiger partial charge in [-0.05, 0) is 37.3 Å². The van der Waals surface area contributed by atoms with Crippen LogP contribution < -0.4 is 5.32 Å². The van der Waals surface area contributed by atoms with E-state index in [1.807, 2.05) is 54.9 Å². The van der Waals surface area contributed by atoms with Crippen LogP contribution in [0, 0.1) is 12.8 Å². The van der Waals surface area contributed by atoms with E-state index in [0.717, 1.165) is 34.5 Å². The third-order valence-corrected chi connectivity index (χ3v) is 7.50. The molecule has 6 nitrogen and oxygen atoms in total. The number of carbonyl (C=O) groups excluding carboxylic acids is 3. The zero-order valence-corrected chi connectivity index (χ0v) is 21.0. The van der Waals surface area contributed by atoms with Gasteiger partial charge in [0, 0.05) is 31.0 Å². The Morgan fingerprint density at radius 1 is 1.09 bits per heavy atom. The number of amides is 2. The first-order chi connectivity index (χ1) is 16.9. The maximum atomic E-state index is 13.2. The van der Waals surface area contributed by atoms with E-state index in [1.54, 1.807) is 35.3 Å². The minimum absolute atomic E-state index is 0.0542. The fraction of sp³-hybridized carbons (Fsp3) is 0.357. The van der Waals surface area contributed by atoms with Gasteiger partial charge in [0.15, 0.2) is 5.78 Å². The standard InChI is InChI=1S/C28H31N3O3S/c1-19(16-25(32)22-8-4-3-5-9-22)28(34)31-15-7-6-10-24(31)27(33)29-17-21-11-13-23(14-12-21)26-20(2)30-18-35-26/h3-5,8-9,11-14,18-19,24H,6-7,10,15-17H2,1-2H3,(H,29,33). The Morgan fingerprint density at radius 2 is 1.83 bits per heavy atom. The van der Waals surface area contributed by atoms with E-state index in [4.69, 9.17) is 0 Å². The number of aryl methyl sites for hydroxylation is 1. The molecule has 0 bridgehead atoms. The fourth-order valence-electron chi connectivity index (χ4n) is 4.52. The fourth-order valence-corrected chi connectivity index (χ4v) is 5.33. The first-order valence-electron chi connectivity index (χ1n) is 12.1. The van der Waals surface area contributed by atoms with E-state index in [0.29, 0.717) is 25.1 Å². The molecule has 2 aromatic carbocycles. The van der Waals surface area contributed by atoms with Crippen molar-refractivity contribution in [2.24, 2.45) is 5.92 Å². The number of piperidine rings is 1. The van der Waals surface area contributed by atoms with Crippen LogP contribution in [0.5, 0.6) is 0 Å². The summed E-state index contributed by atoms with van der Waals surface area (Å²) in [6, 6.07) is 16.6. The van der Waals surface area contributed by atoms with E-state index in [9.17, 15) is 14.4 Å². The molecule has 2 atom stereocenters. The van der Waals surface area contributed by atoms with Crippen LogP contribution in [0.1, 0.15) is 54.2 Å². The quantitative estimate of drug-likeness (QED) is 0.451. The lowest BCUT2D eigenvalue weighted by Crippen LogP contribution is -2.53. The van der Waals surface area contributed by atoms with Gasteiger partial charge in [-0.15, -0.1) is 11.3 Å². The maximum absolute atomic E-state index is 13.2. The number of nitrogens with one attached hydrogen (secondary N) is 1. The molecule has 0 spiro atoms. The second-order valence-corrected chi connectivity index (χ2v) is 9.97. The first-order valence-corrected chi connectivity index (χ1v) is 13.0. The lowest BCUT2D eigenvalue weighted by Gasteiger charge is -2.36. The van der Waals surface area contributed by atoms with Crippen LogP contribution in [-0.4, -0.2) is 40.1 Å². The molecule has 1 saturated heterocycles. The highest BCUT2D eigenvalue weighted by Crippen LogP contribution is 2.27. The summed E-state index contributed by atoms with van der Waals surface area (Å²) in [5.41, 5.74) is 5.58. The molecule has 1 aliphatic rings. The van der Waals surface area contributed by atoms with Crippen molar-refractivity contribution >= 4 is 28.9 Å². The molecule has 182 valence electrons. The highest BCUT2D eigenvalue weighted by Gasteiger charge is 2.34. The molecule has 0 radical (unpaired) electrons. The molecule has 2 heterocycles. The summed E-state index contributed by atoms with van der Waals surface area (Å²) in [5.74, 6) is -0.791. The van der Waals surface area contributed by atoms with Crippen molar-refractivity contribution < 1.29 is 14.4 Å². The Kier molecular flexibility index (Phi) is 8.08. The summed E-state index contributed by atoms with van der Waals surface area (Å²) >= 11 is 1.61. The van der Waals surface area contributed by atoms with Gasteiger partial charge in [-0.25, -0.2) is 4.98 Å². The Morgan fingerprint density at radius 3 is 2.51 bits per heavy atom. The van der Waals surface area contributed by atoms with Gasteiger partial charge < -0.3 is 10.2 Å². The number of benzene rings is 2. The molecule has 2 unspecified atom stereocenters. The van der Waals surface area contributed by atoms with Crippen LogP contribution >= 0.6 is 11.3 Å². The van der Waals surface area contributed by atoms with Gasteiger partial charge in [0.2, 0.25) is 11.8 Å². The highest BCUT2D eigenvalue weighted by atomic mass is 32.1. The van der Waals surface area contributed by atoms with Crippen molar-refractivity contribution in [1.29, 1.82) is 0 Å². The van der Waals surface area contributed by atoms with E-state index in [-0.39, 0.29) is 24.0 Å². The Hall–Kier alpha value is -3.32. The van der Waals surface area contributed by atoms with Crippen LogP contribution in [0.3, 0.4) is 0 Å². The normalized spacial score (nSPS) is 16.5. The summed E-state index contributed by atoms with van der Waals surface area (Å²) in [7, 11) is 0. The Labute approximate surface area is 210 Å². The van der Waals surface area contributed by atoms with Crippen molar-refractivity contribution in [2.45, 2.75) is 52.1 Å². The van der Waals surface area contributed by atoms with Gasteiger partial charge in [-0.2, -0.15) is 0 Å². The van der Waals surface area contributed by atoms with E-state index < -0.39 is 12.0 Å². The van der Waals surface area contributed by atoms with Gasteiger partial charge in [-0.3, -0.25) is 14.4 Å². The molecule has 1 N–H and O–H groups in total. The lowest BCUT2D eigenvalue weighted by molar-refractivity contribution is -0.145. The average molecular weight is 490 g/mol.